The van der Waals surface area contributed by atoms with Gasteiger partial charge in [-0.15, -0.1) is 0 Å². The summed E-state index contributed by atoms with van der Waals surface area (Å²) in [7, 11) is 0. The van der Waals surface area contributed by atoms with E-state index in [0.29, 0.717) is 6.23 Å². The number of hydrogen-bond acceptors (Lipinski definition) is 2. The normalized spacial score (nSPS) is 24.3. The van der Waals surface area contributed by atoms with Crippen molar-refractivity contribution < 1.29 is 4.74 Å². The molecule has 1 atom stereocenters. The molecule has 9 heavy (non-hydrogen) atoms. The number of hydrogen-bond donors (Lipinski definition) is 1. The molecule has 0 aliphatic carbocycles. The average molecular weight is 129 g/mol. The van der Waals surface area contributed by atoms with E-state index in [1.54, 1.807) is 0 Å². The Balaban J connectivity index is 1.71. The van der Waals surface area contributed by atoms with Crippen LogP contribution >= 0.6 is 0 Å². The van der Waals surface area contributed by atoms with Gasteiger partial charge in [0.25, 0.3) is 0 Å². The molecule has 0 bridgehead atoms. The van der Waals surface area contributed by atoms with Gasteiger partial charge in [-0.2, -0.15) is 0 Å². The number of ether oxygens (including phenoxy) is 1. The van der Waals surface area contributed by atoms with Crippen LogP contribution in [0.3, 0.4) is 0 Å². The fourth-order valence-corrected chi connectivity index (χ4v) is 0.804. The maximum atomic E-state index is 4.98. The predicted octanol–water partition coefficient (Wildman–Crippen LogP) is 1.12. The maximum Gasteiger partial charge on any atom is 0.132 e. The summed E-state index contributed by atoms with van der Waals surface area (Å²) >= 11 is 0. The van der Waals surface area contributed by atoms with Crippen LogP contribution in [0.2, 0.25) is 0 Å². The molecule has 0 radical (unpaired) electrons. The molecule has 0 aromatic heterocycles. The van der Waals surface area contributed by atoms with Crippen molar-refractivity contribution in [3.8, 4) is 0 Å². The van der Waals surface area contributed by atoms with E-state index in [2.05, 4.69) is 12.2 Å². The van der Waals surface area contributed by atoms with Crippen molar-refractivity contribution in [3.05, 3.63) is 0 Å². The highest BCUT2D eigenvalue weighted by molar-refractivity contribution is 4.64. The highest BCUT2D eigenvalue weighted by Crippen LogP contribution is 2.03. The minimum atomic E-state index is 0.404. The molecule has 54 valence electrons. The second kappa shape index (κ2) is 3.85. The fraction of sp³-hybridized carbons (Fsp3) is 1.00. The van der Waals surface area contributed by atoms with Crippen molar-refractivity contribution in [2.45, 2.75) is 32.4 Å². The van der Waals surface area contributed by atoms with Crippen molar-refractivity contribution >= 4 is 0 Å². The summed E-state index contributed by atoms with van der Waals surface area (Å²) in [6.45, 7) is 4.26. The van der Waals surface area contributed by atoms with E-state index in [0.717, 1.165) is 13.2 Å². The van der Waals surface area contributed by atoms with Crippen LogP contribution in [0.5, 0.6) is 0 Å². The Labute approximate surface area is 56.6 Å². The molecule has 1 fully saturated rings. The first kappa shape index (κ1) is 7.03. The maximum absolute atomic E-state index is 4.98. The molecule has 1 N–H and O–H groups in total. The van der Waals surface area contributed by atoms with Gasteiger partial charge in [-0.25, -0.2) is 0 Å². The van der Waals surface area contributed by atoms with Crippen molar-refractivity contribution in [2.75, 3.05) is 13.2 Å². The number of rotatable bonds is 5. The van der Waals surface area contributed by atoms with E-state index in [9.17, 15) is 0 Å². The van der Waals surface area contributed by atoms with Gasteiger partial charge >= 0.3 is 0 Å². The summed E-state index contributed by atoms with van der Waals surface area (Å²) in [6.07, 6.45) is 4.32. The summed E-state index contributed by atoms with van der Waals surface area (Å²) in [5, 5.41) is 3.27. The van der Waals surface area contributed by atoms with Gasteiger partial charge in [-0.1, -0.05) is 19.8 Å². The minimum absolute atomic E-state index is 0.404. The SMILES string of the molecule is CCCCCNC1CO1. The molecule has 0 aromatic rings. The molecule has 2 heteroatoms. The zero-order chi connectivity index (χ0) is 6.53. The summed E-state index contributed by atoms with van der Waals surface area (Å²) < 4.78 is 4.98. The Morgan fingerprint density at radius 1 is 1.56 bits per heavy atom. The van der Waals surface area contributed by atoms with E-state index in [-0.39, 0.29) is 0 Å². The minimum Gasteiger partial charge on any atom is -0.357 e. The summed E-state index contributed by atoms with van der Waals surface area (Å²) in [5.41, 5.74) is 0. The van der Waals surface area contributed by atoms with Crippen LogP contribution in [0.25, 0.3) is 0 Å². The van der Waals surface area contributed by atoms with Gasteiger partial charge < -0.3 is 4.74 Å². The molecule has 0 amide bonds. The van der Waals surface area contributed by atoms with Crippen LogP contribution in [0.15, 0.2) is 0 Å². The Bertz CT molecular complexity index is 71.3. The highest BCUT2D eigenvalue weighted by atomic mass is 16.6. The van der Waals surface area contributed by atoms with Gasteiger partial charge in [0.15, 0.2) is 0 Å². The second-order valence-electron chi connectivity index (χ2n) is 2.48. The lowest BCUT2D eigenvalue weighted by molar-refractivity contribution is 0.367. The predicted molar refractivity (Wildman–Crippen MR) is 37.3 cm³/mol. The third-order valence-corrected chi connectivity index (χ3v) is 1.49. The lowest BCUT2D eigenvalue weighted by Gasteiger charge is -1.97. The van der Waals surface area contributed by atoms with E-state index < -0.39 is 0 Å². The van der Waals surface area contributed by atoms with Crippen LogP contribution < -0.4 is 5.32 Å². The molecule has 1 rings (SSSR count). The third-order valence-electron chi connectivity index (χ3n) is 1.49. The number of epoxide rings is 1. The summed E-state index contributed by atoms with van der Waals surface area (Å²) in [4.78, 5) is 0. The number of unbranched alkanes of at least 4 members (excludes halogenated alkanes) is 2. The topological polar surface area (TPSA) is 24.6 Å². The van der Waals surface area contributed by atoms with Crippen LogP contribution in [0.1, 0.15) is 26.2 Å². The lowest BCUT2D eigenvalue weighted by Crippen LogP contribution is -2.18. The van der Waals surface area contributed by atoms with Crippen LogP contribution in [-0.2, 0) is 4.74 Å². The Morgan fingerprint density at radius 3 is 2.89 bits per heavy atom. The molecule has 0 spiro atoms. The highest BCUT2D eigenvalue weighted by Gasteiger charge is 2.20. The van der Waals surface area contributed by atoms with Crippen molar-refractivity contribution in [3.63, 3.8) is 0 Å². The van der Waals surface area contributed by atoms with Gasteiger partial charge in [0.2, 0.25) is 0 Å². The molecule has 1 aliphatic heterocycles. The average Bonchev–Trinajstić information content (AvgIpc) is 2.63. The molecular formula is C7H15NO. The standard InChI is InChI=1S/C7H15NO/c1-2-3-4-5-8-7-6-9-7/h7-8H,2-6H2,1H3. The van der Waals surface area contributed by atoms with Crippen LogP contribution in [0, 0.1) is 0 Å². The summed E-state index contributed by atoms with van der Waals surface area (Å²) in [6, 6.07) is 0. The second-order valence-corrected chi connectivity index (χ2v) is 2.48. The quantitative estimate of drug-likeness (QED) is 0.444. The van der Waals surface area contributed by atoms with Crippen LogP contribution in [-0.4, -0.2) is 19.4 Å². The largest absolute Gasteiger partial charge is 0.357 e. The molecule has 0 aromatic carbocycles. The van der Waals surface area contributed by atoms with Gasteiger partial charge in [-0.05, 0) is 13.0 Å². The third kappa shape index (κ3) is 3.49. The van der Waals surface area contributed by atoms with Gasteiger partial charge in [0.05, 0.1) is 6.61 Å². The van der Waals surface area contributed by atoms with Crippen molar-refractivity contribution in [2.24, 2.45) is 0 Å². The molecular weight excluding hydrogens is 114 g/mol. The summed E-state index contributed by atoms with van der Waals surface area (Å²) in [5.74, 6) is 0. The van der Waals surface area contributed by atoms with Gasteiger partial charge in [0.1, 0.15) is 6.23 Å². The molecule has 1 aliphatic rings. The zero-order valence-corrected chi connectivity index (χ0v) is 6.02. The fourth-order valence-electron chi connectivity index (χ4n) is 0.804. The van der Waals surface area contributed by atoms with E-state index >= 15 is 0 Å². The van der Waals surface area contributed by atoms with Crippen LogP contribution in [0.4, 0.5) is 0 Å². The molecule has 1 unspecified atom stereocenters. The molecule has 2 nitrogen and oxygen atoms in total. The lowest BCUT2D eigenvalue weighted by atomic mass is 10.2. The van der Waals surface area contributed by atoms with Crippen molar-refractivity contribution in [1.82, 2.24) is 5.32 Å². The monoisotopic (exact) mass is 129 g/mol. The smallest absolute Gasteiger partial charge is 0.132 e. The van der Waals surface area contributed by atoms with Crippen molar-refractivity contribution in [1.29, 1.82) is 0 Å². The molecule has 1 heterocycles. The Morgan fingerprint density at radius 2 is 2.33 bits per heavy atom. The molecule has 1 saturated heterocycles. The first-order valence-electron chi connectivity index (χ1n) is 3.78. The Kier molecular flexibility index (Phi) is 3.01. The number of nitrogens with one attached hydrogen (secondary N) is 1. The van der Waals surface area contributed by atoms with Gasteiger partial charge in [0, 0.05) is 0 Å². The zero-order valence-electron chi connectivity index (χ0n) is 6.02. The first-order chi connectivity index (χ1) is 4.43. The Hall–Kier alpha value is -0.0800. The van der Waals surface area contributed by atoms with E-state index in [1.807, 2.05) is 0 Å². The van der Waals surface area contributed by atoms with Gasteiger partial charge in [-0.3, -0.25) is 5.32 Å². The first-order valence-corrected chi connectivity index (χ1v) is 3.78. The van der Waals surface area contributed by atoms with E-state index in [4.69, 9.17) is 4.74 Å². The molecule has 0 saturated carbocycles. The van der Waals surface area contributed by atoms with E-state index in [1.165, 1.54) is 19.3 Å².